The van der Waals surface area contributed by atoms with Crippen molar-refractivity contribution in [3.8, 4) is 0 Å². The third-order valence-corrected chi connectivity index (χ3v) is 2.67. The van der Waals surface area contributed by atoms with E-state index in [4.69, 9.17) is 34.8 Å². The molecular formula is C10H7Cl3N2O. The molecule has 0 fully saturated rings. The number of aryl methyl sites for hydroxylation is 1. The molecule has 16 heavy (non-hydrogen) atoms. The van der Waals surface area contributed by atoms with E-state index in [1.165, 1.54) is 0 Å². The number of rotatable bonds is 0. The molecule has 2 rings (SSSR count). The van der Waals surface area contributed by atoms with E-state index in [2.05, 4.69) is 9.97 Å². The Balaban J connectivity index is 2.80. The minimum Gasteiger partial charge on any atom is -0.306 e. The van der Waals surface area contributed by atoms with Gasteiger partial charge in [0.2, 0.25) is 3.79 Å². The summed E-state index contributed by atoms with van der Waals surface area (Å²) in [7, 11) is 0. The van der Waals surface area contributed by atoms with Gasteiger partial charge in [-0.15, -0.1) is 0 Å². The minimum absolute atomic E-state index is 0.0283. The Hall–Kier alpha value is -0.770. The molecule has 0 aliphatic carbocycles. The van der Waals surface area contributed by atoms with Crippen LogP contribution >= 0.6 is 34.8 Å². The van der Waals surface area contributed by atoms with Gasteiger partial charge in [0.1, 0.15) is 0 Å². The minimum atomic E-state index is -1.73. The number of aromatic amines is 1. The maximum atomic E-state index is 11.7. The fourth-order valence-corrected chi connectivity index (χ4v) is 1.65. The lowest BCUT2D eigenvalue weighted by atomic mass is 10.2. The van der Waals surface area contributed by atoms with E-state index in [0.717, 1.165) is 5.56 Å². The number of nitrogens with one attached hydrogen (secondary N) is 1. The molecule has 0 bridgehead atoms. The van der Waals surface area contributed by atoms with Gasteiger partial charge in [0, 0.05) is 0 Å². The van der Waals surface area contributed by atoms with Crippen LogP contribution < -0.4 is 5.56 Å². The van der Waals surface area contributed by atoms with Crippen LogP contribution in [0.4, 0.5) is 0 Å². The predicted octanol–water partition coefficient (Wildman–Crippen LogP) is 3.06. The maximum Gasteiger partial charge on any atom is 0.258 e. The molecule has 1 aromatic carbocycles. The van der Waals surface area contributed by atoms with Gasteiger partial charge in [-0.2, -0.15) is 0 Å². The number of H-pyrrole nitrogens is 1. The smallest absolute Gasteiger partial charge is 0.258 e. The van der Waals surface area contributed by atoms with Gasteiger partial charge in [-0.1, -0.05) is 40.9 Å². The van der Waals surface area contributed by atoms with Crippen LogP contribution in [0.25, 0.3) is 10.9 Å². The summed E-state index contributed by atoms with van der Waals surface area (Å²) in [6, 6.07) is 5.29. The van der Waals surface area contributed by atoms with E-state index in [1.54, 1.807) is 12.1 Å². The van der Waals surface area contributed by atoms with Gasteiger partial charge in [0.25, 0.3) is 5.56 Å². The molecule has 2 aromatic rings. The number of hydrogen-bond donors (Lipinski definition) is 1. The Bertz CT molecular complexity index is 601. The third kappa shape index (κ3) is 2.17. The lowest BCUT2D eigenvalue weighted by Crippen LogP contribution is -2.17. The first kappa shape index (κ1) is 11.7. The van der Waals surface area contributed by atoms with Gasteiger partial charge in [-0.3, -0.25) is 4.79 Å². The number of nitrogens with zero attached hydrogens (tertiary/aromatic N) is 1. The first-order chi connectivity index (χ1) is 7.38. The molecule has 0 saturated carbocycles. The van der Waals surface area contributed by atoms with Gasteiger partial charge < -0.3 is 4.98 Å². The summed E-state index contributed by atoms with van der Waals surface area (Å²) in [5, 5.41) is 0.476. The lowest BCUT2D eigenvalue weighted by molar-refractivity contribution is 0.974. The van der Waals surface area contributed by atoms with Crippen molar-refractivity contribution in [3.05, 3.63) is 39.9 Å². The molecule has 1 heterocycles. The van der Waals surface area contributed by atoms with Crippen LogP contribution in [-0.2, 0) is 3.79 Å². The summed E-state index contributed by atoms with van der Waals surface area (Å²) in [5.41, 5.74) is 1.19. The molecule has 0 aliphatic heterocycles. The molecule has 3 nitrogen and oxygen atoms in total. The van der Waals surface area contributed by atoms with E-state index in [9.17, 15) is 4.79 Å². The summed E-state index contributed by atoms with van der Waals surface area (Å²) in [4.78, 5) is 18.2. The van der Waals surface area contributed by atoms with E-state index in [0.29, 0.717) is 10.9 Å². The molecule has 6 heteroatoms. The highest BCUT2D eigenvalue weighted by molar-refractivity contribution is 6.66. The number of hydrogen-bond acceptors (Lipinski definition) is 2. The molecule has 1 N–H and O–H groups in total. The SMILES string of the molecule is Cc1ccc2c(=O)[nH]c(C(Cl)(Cl)Cl)nc2c1. The van der Waals surface area contributed by atoms with Gasteiger partial charge in [0.05, 0.1) is 10.9 Å². The predicted molar refractivity (Wildman–Crippen MR) is 66.3 cm³/mol. The van der Waals surface area contributed by atoms with Crippen molar-refractivity contribution in [2.45, 2.75) is 10.7 Å². The average Bonchev–Trinajstić information content (AvgIpc) is 2.15. The van der Waals surface area contributed by atoms with Gasteiger partial charge >= 0.3 is 0 Å². The molecule has 0 aliphatic rings. The van der Waals surface area contributed by atoms with Crippen molar-refractivity contribution in [1.82, 2.24) is 9.97 Å². The Morgan fingerprint density at radius 3 is 2.62 bits per heavy atom. The monoisotopic (exact) mass is 276 g/mol. The Labute approximate surface area is 106 Å². The fraction of sp³-hybridized carbons (Fsp3) is 0.200. The highest BCUT2D eigenvalue weighted by atomic mass is 35.6. The van der Waals surface area contributed by atoms with Crippen molar-refractivity contribution in [2.75, 3.05) is 0 Å². The zero-order chi connectivity index (χ0) is 11.9. The van der Waals surface area contributed by atoms with E-state index in [1.807, 2.05) is 13.0 Å². The van der Waals surface area contributed by atoms with Crippen molar-refractivity contribution < 1.29 is 0 Å². The largest absolute Gasteiger partial charge is 0.306 e. The lowest BCUT2D eigenvalue weighted by Gasteiger charge is -2.10. The van der Waals surface area contributed by atoms with Gasteiger partial charge in [-0.05, 0) is 24.6 Å². The number of fused-ring (bicyclic) bond motifs is 1. The Kier molecular flexibility index (Phi) is 2.86. The number of halogens is 3. The number of benzene rings is 1. The quantitative estimate of drug-likeness (QED) is 0.752. The number of alkyl halides is 3. The van der Waals surface area contributed by atoms with Crippen molar-refractivity contribution in [3.63, 3.8) is 0 Å². The van der Waals surface area contributed by atoms with Crippen LogP contribution in [0.1, 0.15) is 11.4 Å². The zero-order valence-corrected chi connectivity index (χ0v) is 10.5. The van der Waals surface area contributed by atoms with E-state index >= 15 is 0 Å². The Morgan fingerprint density at radius 2 is 2.00 bits per heavy atom. The molecule has 84 valence electrons. The molecule has 0 unspecified atom stereocenters. The molecule has 0 amide bonds. The van der Waals surface area contributed by atoms with E-state index in [-0.39, 0.29) is 11.4 Å². The third-order valence-electron chi connectivity index (χ3n) is 2.13. The first-order valence-electron chi connectivity index (χ1n) is 4.46. The van der Waals surface area contributed by atoms with Crippen molar-refractivity contribution >= 4 is 45.7 Å². The average molecular weight is 278 g/mol. The second-order valence-electron chi connectivity index (χ2n) is 3.43. The molecule has 1 aromatic heterocycles. The fourth-order valence-electron chi connectivity index (χ4n) is 1.38. The van der Waals surface area contributed by atoms with Crippen LogP contribution in [0.3, 0.4) is 0 Å². The second-order valence-corrected chi connectivity index (χ2v) is 5.71. The number of aromatic nitrogens is 2. The second kappa shape index (κ2) is 3.91. The van der Waals surface area contributed by atoms with Crippen molar-refractivity contribution in [2.24, 2.45) is 0 Å². The van der Waals surface area contributed by atoms with Crippen molar-refractivity contribution in [1.29, 1.82) is 0 Å². The standard InChI is InChI=1S/C10H7Cl3N2O/c1-5-2-3-6-7(4-5)14-9(10(11,12)13)15-8(6)16/h2-4H,1H3,(H,14,15,16). The summed E-state index contributed by atoms with van der Waals surface area (Å²) in [5.74, 6) is 0.0283. The van der Waals surface area contributed by atoms with Crippen LogP contribution in [0, 0.1) is 6.92 Å². The summed E-state index contributed by atoms with van der Waals surface area (Å²) < 4.78 is -1.73. The topological polar surface area (TPSA) is 45.8 Å². The summed E-state index contributed by atoms with van der Waals surface area (Å²) in [6.07, 6.45) is 0. The molecule has 0 radical (unpaired) electrons. The van der Waals surface area contributed by atoms with Crippen LogP contribution in [-0.4, -0.2) is 9.97 Å². The van der Waals surface area contributed by atoms with Gasteiger partial charge in [-0.25, -0.2) is 4.98 Å². The summed E-state index contributed by atoms with van der Waals surface area (Å²) in [6.45, 7) is 1.90. The molecule has 0 spiro atoms. The summed E-state index contributed by atoms with van der Waals surface area (Å²) >= 11 is 17.0. The van der Waals surface area contributed by atoms with Crippen LogP contribution in [0.15, 0.2) is 23.0 Å². The zero-order valence-electron chi connectivity index (χ0n) is 8.22. The molecular weight excluding hydrogens is 270 g/mol. The molecule has 0 saturated heterocycles. The Morgan fingerprint density at radius 1 is 1.31 bits per heavy atom. The first-order valence-corrected chi connectivity index (χ1v) is 5.59. The van der Waals surface area contributed by atoms with Crippen LogP contribution in [0.2, 0.25) is 0 Å². The maximum absolute atomic E-state index is 11.7. The van der Waals surface area contributed by atoms with Gasteiger partial charge in [0.15, 0.2) is 5.82 Å². The highest BCUT2D eigenvalue weighted by Crippen LogP contribution is 2.35. The molecule has 0 atom stereocenters. The normalized spacial score (nSPS) is 12.0. The van der Waals surface area contributed by atoms with Crippen LogP contribution in [0.5, 0.6) is 0 Å². The van der Waals surface area contributed by atoms with E-state index < -0.39 is 3.79 Å². The highest BCUT2D eigenvalue weighted by Gasteiger charge is 2.26.